The fourth-order valence-electron chi connectivity index (χ4n) is 3.57. The number of nitrogens with zero attached hydrogens (tertiary/aromatic N) is 6. The molecule has 5 aromatic rings. The summed E-state index contributed by atoms with van der Waals surface area (Å²) in [6.45, 7) is 0.708. The predicted molar refractivity (Wildman–Crippen MR) is 124 cm³/mol. The van der Waals surface area contributed by atoms with Crippen LogP contribution in [0.1, 0.15) is 5.56 Å². The van der Waals surface area contributed by atoms with Gasteiger partial charge in [0.2, 0.25) is 5.82 Å². The van der Waals surface area contributed by atoms with Gasteiger partial charge in [0.05, 0.1) is 17.7 Å². The van der Waals surface area contributed by atoms with Crippen molar-refractivity contribution in [1.82, 2.24) is 35.2 Å². The molecule has 7 nitrogen and oxygen atoms in total. The van der Waals surface area contributed by atoms with Gasteiger partial charge >= 0.3 is 0 Å². The standard InChI is InChI=1S/C23H17Cl2N7/c24-18-7-5-16(6-8-18)22-21(20-13-17(9-11-26-20)23-28-30-31-29-23)27-14-32(22)12-10-15-3-1-2-4-19(15)25/h1-9,11,13-14H,10,12H2,(H,28,29,30,31). The summed E-state index contributed by atoms with van der Waals surface area (Å²) in [5.41, 5.74) is 5.31. The molecule has 0 atom stereocenters. The number of hydrogen-bond donors (Lipinski definition) is 1. The van der Waals surface area contributed by atoms with Crippen LogP contribution in [0.5, 0.6) is 0 Å². The number of aromatic nitrogens is 7. The highest BCUT2D eigenvalue weighted by atomic mass is 35.5. The first-order valence-electron chi connectivity index (χ1n) is 9.94. The Bertz CT molecular complexity index is 1350. The molecule has 158 valence electrons. The molecule has 9 heteroatoms. The second-order valence-electron chi connectivity index (χ2n) is 7.15. The van der Waals surface area contributed by atoms with E-state index in [2.05, 4.69) is 30.2 Å². The zero-order valence-corrected chi connectivity index (χ0v) is 18.3. The zero-order chi connectivity index (χ0) is 21.9. The van der Waals surface area contributed by atoms with E-state index in [1.165, 1.54) is 0 Å². The van der Waals surface area contributed by atoms with E-state index in [1.54, 1.807) is 6.20 Å². The maximum atomic E-state index is 6.36. The van der Waals surface area contributed by atoms with Crippen LogP contribution in [0.2, 0.25) is 10.0 Å². The molecule has 1 N–H and O–H groups in total. The number of benzene rings is 2. The van der Waals surface area contributed by atoms with Crippen molar-refractivity contribution in [2.45, 2.75) is 13.0 Å². The van der Waals surface area contributed by atoms with Gasteiger partial charge < -0.3 is 4.57 Å². The first kappa shape index (κ1) is 20.4. The summed E-state index contributed by atoms with van der Waals surface area (Å²) in [6, 6.07) is 19.3. The lowest BCUT2D eigenvalue weighted by Gasteiger charge is -2.12. The van der Waals surface area contributed by atoms with Crippen LogP contribution < -0.4 is 0 Å². The second-order valence-corrected chi connectivity index (χ2v) is 7.99. The molecule has 0 amide bonds. The molecular formula is C23H17Cl2N7. The SMILES string of the molecule is Clc1ccc(-c2c(-c3cc(-c4nn[nH]n4)ccn3)ncn2CCc2ccccc2Cl)cc1. The molecule has 5 rings (SSSR count). The van der Waals surface area contributed by atoms with Crippen molar-refractivity contribution in [3.05, 3.63) is 88.8 Å². The lowest BCUT2D eigenvalue weighted by Crippen LogP contribution is -2.03. The molecule has 0 fully saturated rings. The van der Waals surface area contributed by atoms with Crippen LogP contribution in [0.4, 0.5) is 0 Å². The minimum absolute atomic E-state index is 0.500. The number of imidazole rings is 1. The van der Waals surface area contributed by atoms with E-state index >= 15 is 0 Å². The van der Waals surface area contributed by atoms with Gasteiger partial charge in [-0.05, 0) is 47.5 Å². The number of halogens is 2. The van der Waals surface area contributed by atoms with Gasteiger partial charge in [0.15, 0.2) is 0 Å². The van der Waals surface area contributed by atoms with Crippen molar-refractivity contribution in [2.24, 2.45) is 0 Å². The fraction of sp³-hybridized carbons (Fsp3) is 0.0870. The molecule has 0 saturated heterocycles. The third-order valence-corrected chi connectivity index (χ3v) is 5.76. The van der Waals surface area contributed by atoms with Gasteiger partial charge in [-0.15, -0.1) is 10.2 Å². The van der Waals surface area contributed by atoms with E-state index in [1.807, 2.05) is 67.0 Å². The Morgan fingerprint density at radius 2 is 1.75 bits per heavy atom. The van der Waals surface area contributed by atoms with Gasteiger partial charge in [-0.1, -0.05) is 53.5 Å². The highest BCUT2D eigenvalue weighted by molar-refractivity contribution is 6.31. The molecule has 0 radical (unpaired) electrons. The number of H-pyrrole nitrogens is 1. The van der Waals surface area contributed by atoms with Crippen LogP contribution in [0.15, 0.2) is 73.2 Å². The van der Waals surface area contributed by atoms with E-state index in [0.29, 0.717) is 23.1 Å². The van der Waals surface area contributed by atoms with Crippen molar-refractivity contribution >= 4 is 23.2 Å². The van der Waals surface area contributed by atoms with Gasteiger partial charge in [-0.2, -0.15) is 5.21 Å². The lowest BCUT2D eigenvalue weighted by molar-refractivity contribution is 0.702. The number of nitrogens with one attached hydrogen (secondary N) is 1. The van der Waals surface area contributed by atoms with Crippen molar-refractivity contribution < 1.29 is 0 Å². The first-order valence-corrected chi connectivity index (χ1v) is 10.7. The van der Waals surface area contributed by atoms with Crippen molar-refractivity contribution in [3.8, 4) is 34.0 Å². The molecule has 0 saturated carbocycles. The number of aryl methyl sites for hydroxylation is 2. The third kappa shape index (κ3) is 4.12. The Morgan fingerprint density at radius 3 is 2.53 bits per heavy atom. The van der Waals surface area contributed by atoms with Crippen LogP contribution in [-0.2, 0) is 13.0 Å². The normalized spacial score (nSPS) is 11.1. The molecule has 0 aliphatic heterocycles. The Balaban J connectivity index is 1.57. The minimum atomic E-state index is 0.500. The van der Waals surface area contributed by atoms with E-state index in [9.17, 15) is 0 Å². The molecule has 32 heavy (non-hydrogen) atoms. The topological polar surface area (TPSA) is 85.2 Å². The summed E-state index contributed by atoms with van der Waals surface area (Å²) < 4.78 is 2.12. The highest BCUT2D eigenvalue weighted by Crippen LogP contribution is 2.32. The van der Waals surface area contributed by atoms with Crippen LogP contribution >= 0.6 is 23.2 Å². The van der Waals surface area contributed by atoms with Gasteiger partial charge in [0, 0.05) is 33.9 Å². The molecule has 3 aromatic heterocycles. The summed E-state index contributed by atoms with van der Waals surface area (Å²) in [6.07, 6.45) is 4.32. The average molecular weight is 462 g/mol. The summed E-state index contributed by atoms with van der Waals surface area (Å²) >= 11 is 12.5. The molecule has 0 bridgehead atoms. The zero-order valence-electron chi connectivity index (χ0n) is 16.8. The number of aromatic amines is 1. The van der Waals surface area contributed by atoms with E-state index in [-0.39, 0.29) is 0 Å². The van der Waals surface area contributed by atoms with E-state index < -0.39 is 0 Å². The smallest absolute Gasteiger partial charge is 0.204 e. The number of rotatable bonds is 6. The lowest BCUT2D eigenvalue weighted by atomic mass is 10.1. The highest BCUT2D eigenvalue weighted by Gasteiger charge is 2.17. The maximum Gasteiger partial charge on any atom is 0.204 e. The predicted octanol–water partition coefficient (Wildman–Crippen LogP) is 5.34. The Labute approximate surface area is 194 Å². The molecular weight excluding hydrogens is 445 g/mol. The summed E-state index contributed by atoms with van der Waals surface area (Å²) in [5.74, 6) is 0.500. The van der Waals surface area contributed by atoms with Crippen LogP contribution in [0.3, 0.4) is 0 Å². The quantitative estimate of drug-likeness (QED) is 0.368. The van der Waals surface area contributed by atoms with Crippen LogP contribution in [-0.4, -0.2) is 35.2 Å². The van der Waals surface area contributed by atoms with Crippen molar-refractivity contribution in [3.63, 3.8) is 0 Å². The average Bonchev–Trinajstić information content (AvgIpc) is 3.50. The molecule has 0 aliphatic rings. The minimum Gasteiger partial charge on any atom is -0.330 e. The van der Waals surface area contributed by atoms with Crippen LogP contribution in [0, 0.1) is 0 Å². The number of tetrazole rings is 1. The van der Waals surface area contributed by atoms with E-state index in [0.717, 1.165) is 39.5 Å². The van der Waals surface area contributed by atoms with Gasteiger partial charge in [0.25, 0.3) is 0 Å². The Morgan fingerprint density at radius 1 is 0.906 bits per heavy atom. The first-order chi connectivity index (χ1) is 15.7. The Hall–Kier alpha value is -3.55. The number of pyridine rings is 1. The van der Waals surface area contributed by atoms with Crippen molar-refractivity contribution in [1.29, 1.82) is 0 Å². The molecule has 0 unspecified atom stereocenters. The molecule has 0 aliphatic carbocycles. The molecule has 3 heterocycles. The van der Waals surface area contributed by atoms with Crippen molar-refractivity contribution in [2.75, 3.05) is 0 Å². The maximum absolute atomic E-state index is 6.36. The second kappa shape index (κ2) is 8.90. The van der Waals surface area contributed by atoms with Gasteiger partial charge in [0.1, 0.15) is 5.69 Å². The summed E-state index contributed by atoms with van der Waals surface area (Å²) in [7, 11) is 0. The van der Waals surface area contributed by atoms with Gasteiger partial charge in [-0.3, -0.25) is 4.98 Å². The molecule has 2 aromatic carbocycles. The summed E-state index contributed by atoms with van der Waals surface area (Å²) in [5, 5.41) is 15.7. The fourth-order valence-corrected chi connectivity index (χ4v) is 3.93. The molecule has 0 spiro atoms. The summed E-state index contributed by atoms with van der Waals surface area (Å²) in [4.78, 5) is 9.27. The largest absolute Gasteiger partial charge is 0.330 e. The monoisotopic (exact) mass is 461 g/mol. The number of hydrogen-bond acceptors (Lipinski definition) is 5. The Kier molecular flexibility index (Phi) is 5.66. The van der Waals surface area contributed by atoms with E-state index in [4.69, 9.17) is 28.2 Å². The van der Waals surface area contributed by atoms with Gasteiger partial charge in [-0.25, -0.2) is 4.98 Å². The van der Waals surface area contributed by atoms with Crippen LogP contribution in [0.25, 0.3) is 34.0 Å². The third-order valence-electron chi connectivity index (χ3n) is 5.14.